The monoisotopic (exact) mass is 252 g/mol. The molecule has 0 aromatic carbocycles. The molecule has 6 heteroatoms. The van der Waals surface area contributed by atoms with Crippen LogP contribution in [0.3, 0.4) is 0 Å². The molecule has 0 aliphatic heterocycles. The number of anilines is 2. The van der Waals surface area contributed by atoms with E-state index in [2.05, 4.69) is 24.1 Å². The van der Waals surface area contributed by atoms with Gasteiger partial charge < -0.3 is 10.2 Å². The molecule has 6 nitrogen and oxygen atoms in total. The molecule has 0 aliphatic carbocycles. The fourth-order valence-corrected chi connectivity index (χ4v) is 1.78. The number of aromatic nitrogens is 1. The number of nitrogens with zero attached hydrogens (tertiary/aromatic N) is 3. The standard InChI is InChI=1S/C12H20N4O2/c1-5-13-11-7-6-10(16(17)18)12(14-11)15(4)8-9(2)3/h6-7,9H,5,8H2,1-4H3,(H,13,14). The van der Waals surface area contributed by atoms with Crippen molar-refractivity contribution in [2.24, 2.45) is 5.92 Å². The van der Waals surface area contributed by atoms with Crippen molar-refractivity contribution in [2.75, 3.05) is 30.4 Å². The zero-order valence-corrected chi connectivity index (χ0v) is 11.3. The Hall–Kier alpha value is -1.85. The van der Waals surface area contributed by atoms with Crippen molar-refractivity contribution < 1.29 is 4.92 Å². The van der Waals surface area contributed by atoms with Crippen LogP contribution in [0.15, 0.2) is 12.1 Å². The molecule has 1 aromatic heterocycles. The van der Waals surface area contributed by atoms with Crippen LogP contribution in [-0.2, 0) is 0 Å². The summed E-state index contributed by atoms with van der Waals surface area (Å²) >= 11 is 0. The molecule has 0 fully saturated rings. The van der Waals surface area contributed by atoms with Crippen LogP contribution >= 0.6 is 0 Å². The molecule has 1 rings (SSSR count). The van der Waals surface area contributed by atoms with Crippen LogP contribution in [0, 0.1) is 16.0 Å². The summed E-state index contributed by atoms with van der Waals surface area (Å²) in [5.41, 5.74) is 0.0415. The van der Waals surface area contributed by atoms with Gasteiger partial charge in [-0.15, -0.1) is 0 Å². The lowest BCUT2D eigenvalue weighted by atomic mass is 10.2. The highest BCUT2D eigenvalue weighted by Crippen LogP contribution is 2.27. The first kappa shape index (κ1) is 14.2. The number of hydrogen-bond acceptors (Lipinski definition) is 5. The molecule has 0 saturated carbocycles. The fraction of sp³-hybridized carbons (Fsp3) is 0.583. The van der Waals surface area contributed by atoms with E-state index in [-0.39, 0.29) is 5.69 Å². The van der Waals surface area contributed by atoms with E-state index in [9.17, 15) is 10.1 Å². The Bertz CT molecular complexity index is 421. The normalized spacial score (nSPS) is 10.5. The summed E-state index contributed by atoms with van der Waals surface area (Å²) in [5, 5.41) is 14.1. The summed E-state index contributed by atoms with van der Waals surface area (Å²) in [6.45, 7) is 7.55. The molecule has 1 aromatic rings. The van der Waals surface area contributed by atoms with Crippen LogP contribution in [0.2, 0.25) is 0 Å². The van der Waals surface area contributed by atoms with E-state index < -0.39 is 4.92 Å². The van der Waals surface area contributed by atoms with Crippen molar-refractivity contribution in [3.8, 4) is 0 Å². The molecule has 100 valence electrons. The Kier molecular flexibility index (Phi) is 4.88. The molecule has 0 amide bonds. The average Bonchev–Trinajstić information content (AvgIpc) is 2.28. The van der Waals surface area contributed by atoms with E-state index >= 15 is 0 Å². The fourth-order valence-electron chi connectivity index (χ4n) is 1.78. The van der Waals surface area contributed by atoms with Gasteiger partial charge in [-0.05, 0) is 18.9 Å². The second-order valence-corrected chi connectivity index (χ2v) is 4.60. The minimum Gasteiger partial charge on any atom is -0.370 e. The Balaban J connectivity index is 3.10. The SMILES string of the molecule is CCNc1ccc([N+](=O)[O-])c(N(C)CC(C)C)n1. The van der Waals surface area contributed by atoms with Crippen molar-refractivity contribution >= 4 is 17.3 Å². The third-order valence-corrected chi connectivity index (χ3v) is 2.41. The molecular weight excluding hydrogens is 232 g/mol. The molecule has 0 saturated heterocycles. The molecule has 0 spiro atoms. The van der Waals surface area contributed by atoms with E-state index in [0.29, 0.717) is 17.6 Å². The summed E-state index contributed by atoms with van der Waals surface area (Å²) in [7, 11) is 1.82. The first-order valence-electron chi connectivity index (χ1n) is 6.06. The Morgan fingerprint density at radius 1 is 1.50 bits per heavy atom. The third kappa shape index (κ3) is 3.58. The highest BCUT2D eigenvalue weighted by Gasteiger charge is 2.19. The second-order valence-electron chi connectivity index (χ2n) is 4.60. The van der Waals surface area contributed by atoms with E-state index in [4.69, 9.17) is 0 Å². The molecule has 0 unspecified atom stereocenters. The maximum absolute atomic E-state index is 11.0. The van der Waals surface area contributed by atoms with Crippen molar-refractivity contribution in [1.82, 2.24) is 4.98 Å². The topological polar surface area (TPSA) is 71.3 Å². The number of hydrogen-bond donors (Lipinski definition) is 1. The minimum absolute atomic E-state index is 0.0415. The van der Waals surface area contributed by atoms with Gasteiger partial charge in [0.15, 0.2) is 0 Å². The van der Waals surface area contributed by atoms with Gasteiger partial charge in [0.1, 0.15) is 5.82 Å². The Labute approximate surface area is 107 Å². The zero-order valence-electron chi connectivity index (χ0n) is 11.3. The summed E-state index contributed by atoms with van der Waals surface area (Å²) < 4.78 is 0. The van der Waals surface area contributed by atoms with Gasteiger partial charge >= 0.3 is 5.69 Å². The quantitative estimate of drug-likeness (QED) is 0.622. The van der Waals surface area contributed by atoms with Crippen LogP contribution < -0.4 is 10.2 Å². The van der Waals surface area contributed by atoms with Crippen molar-refractivity contribution in [2.45, 2.75) is 20.8 Å². The molecule has 18 heavy (non-hydrogen) atoms. The van der Waals surface area contributed by atoms with E-state index in [1.807, 2.05) is 18.9 Å². The van der Waals surface area contributed by atoms with Crippen molar-refractivity contribution in [3.05, 3.63) is 22.2 Å². The first-order chi connectivity index (χ1) is 8.45. The smallest absolute Gasteiger partial charge is 0.311 e. The number of pyridine rings is 1. The predicted molar refractivity (Wildman–Crippen MR) is 73.2 cm³/mol. The second kappa shape index (κ2) is 6.18. The molecule has 0 bridgehead atoms. The van der Waals surface area contributed by atoms with Crippen LogP contribution in [0.4, 0.5) is 17.3 Å². The summed E-state index contributed by atoms with van der Waals surface area (Å²) in [6, 6.07) is 3.13. The van der Waals surface area contributed by atoms with Crippen molar-refractivity contribution in [3.63, 3.8) is 0 Å². The largest absolute Gasteiger partial charge is 0.370 e. The summed E-state index contributed by atoms with van der Waals surface area (Å²) in [6.07, 6.45) is 0. The maximum Gasteiger partial charge on any atom is 0.311 e. The number of rotatable bonds is 6. The maximum atomic E-state index is 11.0. The number of nitro groups is 1. The van der Waals surface area contributed by atoms with Crippen molar-refractivity contribution in [1.29, 1.82) is 0 Å². The molecule has 0 atom stereocenters. The number of nitrogens with one attached hydrogen (secondary N) is 1. The van der Waals surface area contributed by atoms with Gasteiger partial charge in [0.25, 0.3) is 0 Å². The van der Waals surface area contributed by atoms with Gasteiger partial charge in [-0.1, -0.05) is 13.8 Å². The average molecular weight is 252 g/mol. The molecule has 0 radical (unpaired) electrons. The molecule has 1 heterocycles. The van der Waals surface area contributed by atoms with E-state index in [1.54, 1.807) is 6.07 Å². The summed E-state index contributed by atoms with van der Waals surface area (Å²) in [4.78, 5) is 16.7. The van der Waals surface area contributed by atoms with Crippen LogP contribution in [0.25, 0.3) is 0 Å². The molecular formula is C12H20N4O2. The zero-order chi connectivity index (χ0) is 13.7. The molecule has 0 aliphatic rings. The Morgan fingerprint density at radius 3 is 2.67 bits per heavy atom. The lowest BCUT2D eigenvalue weighted by Gasteiger charge is -2.20. The van der Waals surface area contributed by atoms with Gasteiger partial charge in [-0.25, -0.2) is 4.98 Å². The molecule has 1 N–H and O–H groups in total. The predicted octanol–water partition coefficient (Wildman–Crippen LogP) is 2.51. The third-order valence-electron chi connectivity index (χ3n) is 2.41. The minimum atomic E-state index is -0.394. The highest BCUT2D eigenvalue weighted by atomic mass is 16.6. The van der Waals surface area contributed by atoms with Gasteiger partial charge in [0.05, 0.1) is 4.92 Å². The van der Waals surface area contributed by atoms with Crippen LogP contribution in [0.1, 0.15) is 20.8 Å². The van der Waals surface area contributed by atoms with Gasteiger partial charge in [0, 0.05) is 26.2 Å². The van der Waals surface area contributed by atoms with Gasteiger partial charge in [-0.2, -0.15) is 0 Å². The van der Waals surface area contributed by atoms with E-state index in [1.165, 1.54) is 6.07 Å². The van der Waals surface area contributed by atoms with Gasteiger partial charge in [0.2, 0.25) is 5.82 Å². The van der Waals surface area contributed by atoms with Crippen LogP contribution in [-0.4, -0.2) is 30.0 Å². The van der Waals surface area contributed by atoms with Crippen LogP contribution in [0.5, 0.6) is 0 Å². The summed E-state index contributed by atoms with van der Waals surface area (Å²) in [5.74, 6) is 1.49. The first-order valence-corrected chi connectivity index (χ1v) is 6.06. The Morgan fingerprint density at radius 2 is 2.17 bits per heavy atom. The lowest BCUT2D eigenvalue weighted by Crippen LogP contribution is -2.24. The van der Waals surface area contributed by atoms with E-state index in [0.717, 1.165) is 13.1 Å². The lowest BCUT2D eigenvalue weighted by molar-refractivity contribution is -0.384. The van der Waals surface area contributed by atoms with Gasteiger partial charge in [-0.3, -0.25) is 10.1 Å². The highest BCUT2D eigenvalue weighted by molar-refractivity contribution is 5.61.